The molecule has 2 bridgehead atoms. The second kappa shape index (κ2) is 4.67. The Morgan fingerprint density at radius 1 is 1.12 bits per heavy atom. The van der Waals surface area contributed by atoms with Gasteiger partial charge in [0, 0.05) is 18.8 Å². The maximum Gasteiger partial charge on any atom is 0.119 e. The molecule has 3 rings (SSSR count). The van der Waals surface area contributed by atoms with Crippen molar-refractivity contribution in [2.24, 2.45) is 5.73 Å². The summed E-state index contributed by atoms with van der Waals surface area (Å²) in [6.45, 7) is 0.702. The fraction of sp³-hybridized carbons (Fsp3) is 0.571. The topological polar surface area (TPSA) is 38.5 Å². The minimum Gasteiger partial charge on any atom is -0.490 e. The number of rotatable bonds is 3. The number of nitrogens with zero attached hydrogens (tertiary/aromatic N) is 1. The standard InChI is InChI=1S/C14H20N2O/c15-10-16-11-6-7-12(16)9-14(8-11)17-13-4-2-1-3-5-13/h1-5,11-12,14H,6-10,15H2/t11-,12+,14?. The molecule has 1 aromatic rings. The molecule has 2 fully saturated rings. The second-order valence-electron chi connectivity index (χ2n) is 5.11. The van der Waals surface area contributed by atoms with Crippen LogP contribution < -0.4 is 10.5 Å². The summed E-state index contributed by atoms with van der Waals surface area (Å²) in [6, 6.07) is 11.4. The van der Waals surface area contributed by atoms with Crippen LogP contribution in [-0.4, -0.2) is 29.8 Å². The van der Waals surface area contributed by atoms with Crippen LogP contribution in [0.4, 0.5) is 0 Å². The highest BCUT2D eigenvalue weighted by Crippen LogP contribution is 2.36. The predicted molar refractivity (Wildman–Crippen MR) is 67.8 cm³/mol. The van der Waals surface area contributed by atoms with E-state index in [4.69, 9.17) is 10.5 Å². The number of ether oxygens (including phenoxy) is 1. The molecular weight excluding hydrogens is 212 g/mol. The number of hydrogen-bond acceptors (Lipinski definition) is 3. The lowest BCUT2D eigenvalue weighted by molar-refractivity contribution is 0.0512. The van der Waals surface area contributed by atoms with Gasteiger partial charge in [0.05, 0.1) is 0 Å². The van der Waals surface area contributed by atoms with Crippen LogP contribution in [0.25, 0.3) is 0 Å². The van der Waals surface area contributed by atoms with E-state index in [0.29, 0.717) is 24.9 Å². The molecule has 2 N–H and O–H groups in total. The highest BCUT2D eigenvalue weighted by molar-refractivity contribution is 5.21. The maximum absolute atomic E-state index is 6.06. The van der Waals surface area contributed by atoms with Gasteiger partial charge in [0.15, 0.2) is 0 Å². The third-order valence-electron chi connectivity index (χ3n) is 4.10. The fourth-order valence-corrected chi connectivity index (χ4v) is 3.31. The Balaban J connectivity index is 1.65. The predicted octanol–water partition coefficient (Wildman–Crippen LogP) is 1.98. The van der Waals surface area contributed by atoms with Gasteiger partial charge in [-0.15, -0.1) is 0 Å². The van der Waals surface area contributed by atoms with E-state index in [9.17, 15) is 0 Å². The van der Waals surface area contributed by atoms with Crippen molar-refractivity contribution >= 4 is 0 Å². The van der Waals surface area contributed by atoms with Gasteiger partial charge in [0.1, 0.15) is 11.9 Å². The molecule has 2 aliphatic heterocycles. The lowest BCUT2D eigenvalue weighted by Crippen LogP contribution is -2.48. The van der Waals surface area contributed by atoms with Crippen LogP contribution in [-0.2, 0) is 0 Å². The molecule has 1 aromatic carbocycles. The van der Waals surface area contributed by atoms with E-state index in [-0.39, 0.29) is 0 Å². The molecule has 0 amide bonds. The Morgan fingerprint density at radius 3 is 2.35 bits per heavy atom. The number of piperidine rings is 1. The summed E-state index contributed by atoms with van der Waals surface area (Å²) in [6.07, 6.45) is 5.20. The summed E-state index contributed by atoms with van der Waals surface area (Å²) in [5.41, 5.74) is 5.81. The van der Waals surface area contributed by atoms with Crippen LogP contribution in [0.15, 0.2) is 30.3 Å². The van der Waals surface area contributed by atoms with Crippen molar-refractivity contribution in [2.45, 2.75) is 43.9 Å². The van der Waals surface area contributed by atoms with E-state index in [1.165, 1.54) is 12.8 Å². The van der Waals surface area contributed by atoms with E-state index >= 15 is 0 Å². The number of hydrogen-bond donors (Lipinski definition) is 1. The van der Waals surface area contributed by atoms with Crippen LogP contribution in [0.3, 0.4) is 0 Å². The molecule has 2 saturated heterocycles. The largest absolute Gasteiger partial charge is 0.490 e. The van der Waals surface area contributed by atoms with Gasteiger partial charge in [-0.3, -0.25) is 4.90 Å². The van der Waals surface area contributed by atoms with Crippen LogP contribution in [0, 0.1) is 0 Å². The SMILES string of the molecule is NCN1[C@@H]2CC[C@H]1CC(Oc1ccccc1)C2. The molecule has 17 heavy (non-hydrogen) atoms. The highest BCUT2D eigenvalue weighted by atomic mass is 16.5. The Hall–Kier alpha value is -1.06. The van der Waals surface area contributed by atoms with Gasteiger partial charge in [0.25, 0.3) is 0 Å². The summed E-state index contributed by atoms with van der Waals surface area (Å²) in [5.74, 6) is 0.998. The molecule has 0 aliphatic carbocycles. The summed E-state index contributed by atoms with van der Waals surface area (Å²) in [7, 11) is 0. The van der Waals surface area contributed by atoms with Crippen molar-refractivity contribution in [3.8, 4) is 5.75 Å². The van der Waals surface area contributed by atoms with E-state index in [1.54, 1.807) is 0 Å². The molecule has 3 atom stereocenters. The molecule has 0 saturated carbocycles. The zero-order valence-electron chi connectivity index (χ0n) is 10.1. The van der Waals surface area contributed by atoms with Gasteiger partial charge in [-0.2, -0.15) is 0 Å². The Kier molecular flexibility index (Phi) is 3.04. The number of nitrogens with two attached hydrogens (primary N) is 1. The van der Waals surface area contributed by atoms with Crippen LogP contribution >= 0.6 is 0 Å². The molecule has 1 unspecified atom stereocenters. The van der Waals surface area contributed by atoms with E-state index < -0.39 is 0 Å². The first-order valence-corrected chi connectivity index (χ1v) is 6.54. The molecule has 2 heterocycles. The number of benzene rings is 1. The molecule has 3 heteroatoms. The lowest BCUT2D eigenvalue weighted by Gasteiger charge is -2.37. The van der Waals surface area contributed by atoms with Crippen molar-refractivity contribution in [1.82, 2.24) is 4.90 Å². The zero-order chi connectivity index (χ0) is 11.7. The maximum atomic E-state index is 6.06. The summed E-state index contributed by atoms with van der Waals surface area (Å²) >= 11 is 0. The molecule has 0 spiro atoms. The van der Waals surface area contributed by atoms with E-state index in [0.717, 1.165) is 18.6 Å². The lowest BCUT2D eigenvalue weighted by atomic mass is 10.0. The van der Waals surface area contributed by atoms with Crippen molar-refractivity contribution in [3.05, 3.63) is 30.3 Å². The monoisotopic (exact) mass is 232 g/mol. The van der Waals surface area contributed by atoms with Crippen molar-refractivity contribution < 1.29 is 4.74 Å². The van der Waals surface area contributed by atoms with Crippen LogP contribution in [0.2, 0.25) is 0 Å². The number of fused-ring (bicyclic) bond motifs is 2. The Morgan fingerprint density at radius 2 is 1.76 bits per heavy atom. The van der Waals surface area contributed by atoms with Crippen molar-refractivity contribution in [3.63, 3.8) is 0 Å². The summed E-state index contributed by atoms with van der Waals surface area (Å²) in [5, 5.41) is 0. The molecule has 92 valence electrons. The third kappa shape index (κ3) is 2.17. The highest BCUT2D eigenvalue weighted by Gasteiger charge is 2.40. The van der Waals surface area contributed by atoms with Gasteiger partial charge in [0.2, 0.25) is 0 Å². The van der Waals surface area contributed by atoms with Gasteiger partial charge < -0.3 is 10.5 Å². The summed E-state index contributed by atoms with van der Waals surface area (Å²) < 4.78 is 6.06. The zero-order valence-corrected chi connectivity index (χ0v) is 10.1. The smallest absolute Gasteiger partial charge is 0.119 e. The molecule has 3 nitrogen and oxygen atoms in total. The first-order chi connectivity index (χ1) is 8.36. The minimum absolute atomic E-state index is 0.373. The van der Waals surface area contributed by atoms with Crippen LogP contribution in [0.1, 0.15) is 25.7 Å². The fourth-order valence-electron chi connectivity index (χ4n) is 3.31. The molecule has 2 aliphatic rings. The second-order valence-corrected chi connectivity index (χ2v) is 5.11. The average molecular weight is 232 g/mol. The van der Waals surface area contributed by atoms with Gasteiger partial charge in [-0.1, -0.05) is 18.2 Å². The third-order valence-corrected chi connectivity index (χ3v) is 4.10. The average Bonchev–Trinajstić information content (AvgIpc) is 2.61. The van der Waals surface area contributed by atoms with E-state index in [2.05, 4.69) is 4.90 Å². The summed E-state index contributed by atoms with van der Waals surface area (Å²) in [4.78, 5) is 2.45. The molecule has 0 aromatic heterocycles. The normalized spacial score (nSPS) is 32.6. The molecule has 0 radical (unpaired) electrons. The van der Waals surface area contributed by atoms with Gasteiger partial charge in [-0.25, -0.2) is 0 Å². The quantitative estimate of drug-likeness (QED) is 0.866. The van der Waals surface area contributed by atoms with Crippen molar-refractivity contribution in [2.75, 3.05) is 6.67 Å². The van der Waals surface area contributed by atoms with Gasteiger partial charge >= 0.3 is 0 Å². The van der Waals surface area contributed by atoms with Crippen LogP contribution in [0.5, 0.6) is 5.75 Å². The number of para-hydroxylation sites is 1. The van der Waals surface area contributed by atoms with Crippen molar-refractivity contribution in [1.29, 1.82) is 0 Å². The first-order valence-electron chi connectivity index (χ1n) is 6.54. The Labute approximate surface area is 103 Å². The molecular formula is C14H20N2O. The van der Waals surface area contributed by atoms with Gasteiger partial charge in [-0.05, 0) is 37.8 Å². The Bertz CT molecular complexity index is 354. The first kappa shape index (κ1) is 11.1. The minimum atomic E-state index is 0.373. The van der Waals surface area contributed by atoms with E-state index in [1.807, 2.05) is 30.3 Å².